The number of H-pyrrole nitrogens is 1. The molecule has 4 nitrogen and oxygen atoms in total. The maximum absolute atomic E-state index is 13.7. The van der Waals surface area contributed by atoms with Gasteiger partial charge >= 0.3 is 0 Å². The zero-order valence-electron chi connectivity index (χ0n) is 20.9. The van der Waals surface area contributed by atoms with E-state index in [0.717, 1.165) is 52.4 Å². The summed E-state index contributed by atoms with van der Waals surface area (Å²) in [4.78, 5) is 10.1. The van der Waals surface area contributed by atoms with Gasteiger partial charge in [-0.2, -0.15) is 0 Å². The average molecular weight is 492 g/mol. The highest BCUT2D eigenvalue weighted by Gasteiger charge is 2.13. The Hall–Kier alpha value is -4.22. The van der Waals surface area contributed by atoms with E-state index in [-0.39, 0.29) is 5.82 Å². The number of nitrogens with one attached hydrogen (secondary N) is 1. The Morgan fingerprint density at radius 3 is 2.35 bits per heavy atom. The van der Waals surface area contributed by atoms with Crippen molar-refractivity contribution in [3.05, 3.63) is 143 Å². The van der Waals surface area contributed by atoms with E-state index in [9.17, 15) is 4.39 Å². The molecule has 37 heavy (non-hydrogen) atoms. The lowest BCUT2D eigenvalue weighted by molar-refractivity contribution is 0.306. The highest BCUT2D eigenvalue weighted by Crippen LogP contribution is 2.27. The fraction of sp³-hybridized carbons (Fsp3) is 0.156. The molecule has 0 saturated carbocycles. The van der Waals surface area contributed by atoms with Crippen molar-refractivity contribution in [1.29, 1.82) is 0 Å². The van der Waals surface area contributed by atoms with Crippen molar-refractivity contribution < 1.29 is 9.13 Å². The van der Waals surface area contributed by atoms with Crippen LogP contribution in [0.3, 0.4) is 0 Å². The first-order valence-electron chi connectivity index (χ1n) is 12.4. The molecule has 0 saturated heterocycles. The zero-order chi connectivity index (χ0) is 25.5. The third-order valence-corrected chi connectivity index (χ3v) is 6.29. The summed E-state index contributed by atoms with van der Waals surface area (Å²) in [6.45, 7) is 1.94. The number of aromatic amines is 1. The lowest BCUT2D eigenvalue weighted by Crippen LogP contribution is -2.18. The molecular formula is C32H30FN3O. The predicted octanol–water partition coefficient (Wildman–Crippen LogP) is 7.02. The van der Waals surface area contributed by atoms with Crippen molar-refractivity contribution in [3.63, 3.8) is 0 Å². The molecule has 5 heteroatoms. The van der Waals surface area contributed by atoms with Crippen molar-refractivity contribution >= 4 is 0 Å². The minimum atomic E-state index is -0.205. The van der Waals surface area contributed by atoms with Gasteiger partial charge in [-0.3, -0.25) is 9.88 Å². The van der Waals surface area contributed by atoms with Gasteiger partial charge in [-0.25, -0.2) is 4.39 Å². The van der Waals surface area contributed by atoms with E-state index < -0.39 is 0 Å². The van der Waals surface area contributed by atoms with Gasteiger partial charge in [-0.1, -0.05) is 48.5 Å². The summed E-state index contributed by atoms with van der Waals surface area (Å²) >= 11 is 0. The largest absolute Gasteiger partial charge is 0.489 e. The van der Waals surface area contributed by atoms with Gasteiger partial charge in [-0.15, -0.1) is 0 Å². The van der Waals surface area contributed by atoms with E-state index in [4.69, 9.17) is 4.74 Å². The fourth-order valence-electron chi connectivity index (χ4n) is 4.47. The molecule has 2 aromatic heterocycles. The van der Waals surface area contributed by atoms with E-state index >= 15 is 0 Å². The van der Waals surface area contributed by atoms with E-state index in [0.29, 0.717) is 13.2 Å². The number of hydrogen-bond acceptors (Lipinski definition) is 3. The normalized spacial score (nSPS) is 11.1. The lowest BCUT2D eigenvalue weighted by atomic mass is 10.1. The zero-order valence-corrected chi connectivity index (χ0v) is 20.9. The molecule has 0 aliphatic heterocycles. The van der Waals surface area contributed by atoms with Crippen molar-refractivity contribution in [2.45, 2.75) is 26.1 Å². The minimum Gasteiger partial charge on any atom is -0.489 e. The molecule has 3 aromatic carbocycles. The Balaban J connectivity index is 1.33. The first kappa shape index (κ1) is 24.5. The Morgan fingerprint density at radius 2 is 1.59 bits per heavy atom. The van der Waals surface area contributed by atoms with Gasteiger partial charge < -0.3 is 9.72 Å². The number of aromatic nitrogens is 2. The highest BCUT2D eigenvalue weighted by molar-refractivity contribution is 5.62. The average Bonchev–Trinajstić information content (AvgIpc) is 3.30. The molecule has 0 aliphatic carbocycles. The Bertz CT molecular complexity index is 1420. The molecular weight excluding hydrogens is 461 g/mol. The molecule has 0 amide bonds. The first-order chi connectivity index (χ1) is 18.1. The summed E-state index contributed by atoms with van der Waals surface area (Å²) in [6.07, 6.45) is 4.45. The van der Waals surface area contributed by atoms with Crippen LogP contribution < -0.4 is 4.74 Å². The maximum atomic E-state index is 13.7. The van der Waals surface area contributed by atoms with Crippen LogP contribution in [0.5, 0.6) is 5.75 Å². The van der Waals surface area contributed by atoms with Crippen LogP contribution in [0.4, 0.5) is 4.39 Å². The number of rotatable bonds is 10. The third-order valence-electron chi connectivity index (χ3n) is 6.29. The fourth-order valence-corrected chi connectivity index (χ4v) is 4.47. The third kappa shape index (κ3) is 6.72. The van der Waals surface area contributed by atoms with Gasteiger partial charge in [0.05, 0.1) is 0 Å². The summed E-state index contributed by atoms with van der Waals surface area (Å²) in [6, 6.07) is 31.4. The summed E-state index contributed by atoms with van der Waals surface area (Å²) < 4.78 is 19.6. The lowest BCUT2D eigenvalue weighted by Gasteiger charge is -2.17. The van der Waals surface area contributed by atoms with E-state index in [2.05, 4.69) is 58.3 Å². The Labute approximate surface area is 217 Å². The number of halogens is 1. The van der Waals surface area contributed by atoms with Crippen molar-refractivity contribution in [2.75, 3.05) is 7.05 Å². The molecule has 0 aliphatic rings. The molecule has 0 spiro atoms. The number of hydrogen-bond donors (Lipinski definition) is 1. The second-order valence-electron chi connectivity index (χ2n) is 9.33. The molecule has 5 aromatic rings. The number of ether oxygens (including phenoxy) is 1. The van der Waals surface area contributed by atoms with E-state index in [1.54, 1.807) is 18.3 Å². The van der Waals surface area contributed by atoms with Crippen molar-refractivity contribution in [3.8, 4) is 17.0 Å². The summed E-state index contributed by atoms with van der Waals surface area (Å²) in [5, 5.41) is 0. The Kier molecular flexibility index (Phi) is 7.72. The summed E-state index contributed by atoms with van der Waals surface area (Å²) in [5.41, 5.74) is 7.76. The molecule has 1 N–H and O–H groups in total. The second kappa shape index (κ2) is 11.7. The monoisotopic (exact) mass is 491 g/mol. The number of benzene rings is 3. The first-order valence-corrected chi connectivity index (χ1v) is 12.4. The molecule has 0 bridgehead atoms. The molecule has 0 unspecified atom stereocenters. The van der Waals surface area contributed by atoms with E-state index in [1.807, 2.05) is 48.7 Å². The predicted molar refractivity (Wildman–Crippen MR) is 146 cm³/mol. The van der Waals surface area contributed by atoms with Crippen LogP contribution in [-0.2, 0) is 26.1 Å². The molecule has 0 fully saturated rings. The molecule has 0 atom stereocenters. The number of pyridine rings is 1. The smallest absolute Gasteiger partial charge is 0.123 e. The van der Waals surface area contributed by atoms with Crippen molar-refractivity contribution in [1.82, 2.24) is 14.9 Å². The SMILES string of the molecule is CN(Cc1cccc(F)c1)Cc1cc(-c2ccc(OCc3ccccc3)cc2)[nH]c1Cc1cccnc1. The van der Waals surface area contributed by atoms with Crippen LogP contribution in [-0.4, -0.2) is 21.9 Å². The maximum Gasteiger partial charge on any atom is 0.123 e. The molecule has 2 heterocycles. The van der Waals surface area contributed by atoms with Gasteiger partial charge in [0.2, 0.25) is 0 Å². The quantitative estimate of drug-likeness (QED) is 0.228. The highest BCUT2D eigenvalue weighted by atomic mass is 19.1. The van der Waals surface area contributed by atoms with Crippen LogP contribution in [0, 0.1) is 5.82 Å². The van der Waals surface area contributed by atoms with Crippen LogP contribution in [0.1, 0.15) is 27.9 Å². The van der Waals surface area contributed by atoms with Gasteiger partial charge in [0.1, 0.15) is 18.2 Å². The summed E-state index contributed by atoms with van der Waals surface area (Å²) in [5.74, 6) is 0.632. The minimum absolute atomic E-state index is 0.205. The van der Waals surface area contributed by atoms with E-state index in [1.165, 1.54) is 11.6 Å². The molecule has 0 radical (unpaired) electrons. The standard InChI is InChI=1S/C32H30FN3O/c1-36(21-26-9-5-11-29(33)17-26)22-28-19-32(35-31(28)18-25-10-6-16-34-20-25)27-12-14-30(15-13-27)37-23-24-7-3-2-4-8-24/h2-17,19-20,35H,18,21-23H2,1H3. The van der Waals surface area contributed by atoms with Gasteiger partial charge in [-0.05, 0) is 83.4 Å². The van der Waals surface area contributed by atoms with Crippen molar-refractivity contribution in [2.24, 2.45) is 0 Å². The molecule has 186 valence electrons. The Morgan fingerprint density at radius 1 is 0.811 bits per heavy atom. The summed E-state index contributed by atoms with van der Waals surface area (Å²) in [7, 11) is 2.06. The second-order valence-corrected chi connectivity index (χ2v) is 9.33. The van der Waals surface area contributed by atoms with Crippen LogP contribution >= 0.6 is 0 Å². The number of nitrogens with zero attached hydrogens (tertiary/aromatic N) is 2. The van der Waals surface area contributed by atoms with Crippen LogP contribution in [0.25, 0.3) is 11.3 Å². The van der Waals surface area contributed by atoms with Crippen LogP contribution in [0.2, 0.25) is 0 Å². The van der Waals surface area contributed by atoms with Gasteiger partial charge in [0.15, 0.2) is 0 Å². The topological polar surface area (TPSA) is 41.1 Å². The van der Waals surface area contributed by atoms with Gasteiger partial charge in [0, 0.05) is 43.3 Å². The van der Waals surface area contributed by atoms with Crippen LogP contribution in [0.15, 0.2) is 109 Å². The molecule has 5 rings (SSSR count). The van der Waals surface area contributed by atoms with Gasteiger partial charge in [0.25, 0.3) is 0 Å².